The highest BCUT2D eigenvalue weighted by atomic mass is 19.1. The zero-order valence-electron chi connectivity index (χ0n) is 14.9. The first-order chi connectivity index (χ1) is 13.6. The van der Waals surface area contributed by atoms with Crippen molar-refractivity contribution in [2.24, 2.45) is 0 Å². The highest BCUT2D eigenvalue weighted by Crippen LogP contribution is 2.18. The van der Waals surface area contributed by atoms with E-state index in [4.69, 9.17) is 0 Å². The number of benzene rings is 1. The molecule has 0 unspecified atom stereocenters. The Morgan fingerprint density at radius 3 is 2.43 bits per heavy atom. The second kappa shape index (κ2) is 7.63. The molecule has 1 saturated heterocycles. The number of amides is 2. The van der Waals surface area contributed by atoms with Crippen LogP contribution in [-0.4, -0.2) is 51.6 Å². The smallest absolute Gasteiger partial charge is 0.322 e. The summed E-state index contributed by atoms with van der Waals surface area (Å²) >= 11 is 0. The monoisotopic (exact) mass is 384 g/mol. The summed E-state index contributed by atoms with van der Waals surface area (Å²) in [5.41, 5.74) is -0.167. The minimum Gasteiger partial charge on any atom is -0.353 e. The molecular formula is C19H18F2N6O. The molecule has 0 saturated carbocycles. The van der Waals surface area contributed by atoms with Crippen LogP contribution in [-0.2, 0) is 0 Å². The first kappa shape index (κ1) is 17.9. The van der Waals surface area contributed by atoms with Gasteiger partial charge in [-0.25, -0.2) is 23.5 Å². The fraction of sp³-hybridized carbons (Fsp3) is 0.211. The highest BCUT2D eigenvalue weighted by Gasteiger charge is 2.23. The number of hydrogen-bond donors (Lipinski definition) is 1. The van der Waals surface area contributed by atoms with Crippen molar-refractivity contribution >= 4 is 17.5 Å². The summed E-state index contributed by atoms with van der Waals surface area (Å²) in [6, 6.07) is 8.22. The van der Waals surface area contributed by atoms with Gasteiger partial charge < -0.3 is 19.7 Å². The molecule has 2 aromatic heterocycles. The van der Waals surface area contributed by atoms with Gasteiger partial charge in [0.25, 0.3) is 0 Å². The molecule has 1 aliphatic heterocycles. The highest BCUT2D eigenvalue weighted by molar-refractivity contribution is 5.89. The van der Waals surface area contributed by atoms with E-state index in [0.29, 0.717) is 26.2 Å². The van der Waals surface area contributed by atoms with Gasteiger partial charge in [0.05, 0.1) is 5.69 Å². The molecule has 1 N–H and O–H groups in total. The van der Waals surface area contributed by atoms with Gasteiger partial charge in [0.15, 0.2) is 0 Å². The summed E-state index contributed by atoms with van der Waals surface area (Å²) in [6.45, 7) is 2.01. The van der Waals surface area contributed by atoms with Crippen LogP contribution in [0.15, 0.2) is 55.1 Å². The Balaban J connectivity index is 1.39. The van der Waals surface area contributed by atoms with Crippen molar-refractivity contribution in [3.05, 3.63) is 66.8 Å². The molecule has 144 valence electrons. The number of hydrogen-bond acceptors (Lipinski definition) is 4. The Morgan fingerprint density at radius 1 is 0.964 bits per heavy atom. The number of nitrogens with zero attached hydrogens (tertiary/aromatic N) is 5. The molecule has 1 fully saturated rings. The van der Waals surface area contributed by atoms with Crippen molar-refractivity contribution in [1.82, 2.24) is 19.4 Å². The molecule has 28 heavy (non-hydrogen) atoms. The maximum Gasteiger partial charge on any atom is 0.322 e. The Hall–Kier alpha value is -3.49. The average Bonchev–Trinajstić information content (AvgIpc) is 3.26. The Morgan fingerprint density at radius 2 is 1.68 bits per heavy atom. The van der Waals surface area contributed by atoms with Gasteiger partial charge >= 0.3 is 6.03 Å². The number of piperazine rings is 1. The standard InChI is InChI=1S/C19H18F2N6O/c20-14-3-4-15(21)16(11-14)24-19(28)27-9-7-26(8-10-27)18-12-17(22-13-23-18)25-5-1-2-6-25/h1-6,11-13H,7-10H2,(H,24,28). The van der Waals surface area contributed by atoms with Crippen LogP contribution in [0.2, 0.25) is 0 Å². The minimum atomic E-state index is -0.674. The average molecular weight is 384 g/mol. The van der Waals surface area contributed by atoms with Crippen molar-refractivity contribution in [2.45, 2.75) is 0 Å². The van der Waals surface area contributed by atoms with Gasteiger partial charge in [-0.2, -0.15) is 0 Å². The summed E-state index contributed by atoms with van der Waals surface area (Å²) in [7, 11) is 0. The van der Waals surface area contributed by atoms with Crippen LogP contribution in [0.1, 0.15) is 0 Å². The van der Waals surface area contributed by atoms with E-state index in [0.717, 1.165) is 29.8 Å². The van der Waals surface area contributed by atoms with E-state index in [2.05, 4.69) is 20.2 Å². The number of rotatable bonds is 3. The normalized spacial score (nSPS) is 14.2. The molecular weight excluding hydrogens is 366 g/mol. The summed E-state index contributed by atoms with van der Waals surface area (Å²) in [5.74, 6) is 0.252. The van der Waals surface area contributed by atoms with Crippen molar-refractivity contribution in [2.75, 3.05) is 36.4 Å². The second-order valence-corrected chi connectivity index (χ2v) is 6.35. The third-order valence-electron chi connectivity index (χ3n) is 4.57. The van der Waals surface area contributed by atoms with Crippen molar-refractivity contribution in [3.8, 4) is 5.82 Å². The first-order valence-corrected chi connectivity index (χ1v) is 8.81. The van der Waals surface area contributed by atoms with E-state index in [-0.39, 0.29) is 5.69 Å². The lowest BCUT2D eigenvalue weighted by Gasteiger charge is -2.35. The van der Waals surface area contributed by atoms with E-state index in [1.165, 1.54) is 6.33 Å². The Labute approximate surface area is 160 Å². The fourth-order valence-corrected chi connectivity index (χ4v) is 3.06. The van der Waals surface area contributed by atoms with Crippen LogP contribution in [0.25, 0.3) is 5.82 Å². The third-order valence-corrected chi connectivity index (χ3v) is 4.57. The largest absolute Gasteiger partial charge is 0.353 e. The number of aromatic nitrogens is 3. The van der Waals surface area contributed by atoms with Crippen LogP contribution >= 0.6 is 0 Å². The lowest BCUT2D eigenvalue weighted by molar-refractivity contribution is 0.208. The van der Waals surface area contributed by atoms with Crippen LogP contribution in [0.3, 0.4) is 0 Å². The third kappa shape index (κ3) is 3.78. The number of carbonyl (C=O) groups is 1. The molecule has 1 aromatic carbocycles. The van der Waals surface area contributed by atoms with Crippen LogP contribution < -0.4 is 10.2 Å². The number of anilines is 2. The first-order valence-electron chi connectivity index (χ1n) is 8.81. The van der Waals surface area contributed by atoms with E-state index >= 15 is 0 Å². The van der Waals surface area contributed by atoms with Crippen LogP contribution in [0.5, 0.6) is 0 Å². The van der Waals surface area contributed by atoms with Crippen LogP contribution in [0, 0.1) is 11.6 Å². The number of halogens is 2. The maximum absolute atomic E-state index is 13.7. The minimum absolute atomic E-state index is 0.167. The van der Waals surface area contributed by atoms with Gasteiger partial charge in [-0.3, -0.25) is 0 Å². The SMILES string of the molecule is O=C(Nc1cc(F)ccc1F)N1CCN(c2cc(-n3cccc3)ncn2)CC1. The van der Waals surface area contributed by atoms with Gasteiger partial charge in [0.2, 0.25) is 0 Å². The topological polar surface area (TPSA) is 66.3 Å². The number of urea groups is 1. The molecule has 4 rings (SSSR count). The second-order valence-electron chi connectivity index (χ2n) is 6.35. The molecule has 9 heteroatoms. The van der Waals surface area contributed by atoms with Crippen LogP contribution in [0.4, 0.5) is 25.1 Å². The lowest BCUT2D eigenvalue weighted by Crippen LogP contribution is -2.50. The van der Waals surface area contributed by atoms with Crippen molar-refractivity contribution in [1.29, 1.82) is 0 Å². The summed E-state index contributed by atoms with van der Waals surface area (Å²) < 4.78 is 28.9. The molecule has 0 bridgehead atoms. The van der Waals surface area contributed by atoms with Gasteiger partial charge in [-0.15, -0.1) is 0 Å². The number of carbonyl (C=O) groups excluding carboxylic acids is 1. The molecule has 0 atom stereocenters. The fourth-order valence-electron chi connectivity index (χ4n) is 3.06. The molecule has 3 aromatic rings. The van der Waals surface area contributed by atoms with E-state index in [9.17, 15) is 13.6 Å². The predicted octanol–water partition coefficient (Wildman–Crippen LogP) is 2.90. The van der Waals surface area contributed by atoms with E-state index in [1.807, 2.05) is 35.2 Å². The van der Waals surface area contributed by atoms with E-state index < -0.39 is 17.7 Å². The molecule has 2 amide bonds. The Bertz CT molecular complexity index is 970. The van der Waals surface area contributed by atoms with Gasteiger partial charge in [0, 0.05) is 50.7 Å². The summed E-state index contributed by atoms with van der Waals surface area (Å²) in [5, 5.41) is 2.43. The quantitative estimate of drug-likeness (QED) is 0.754. The number of nitrogens with one attached hydrogen (secondary N) is 1. The summed E-state index contributed by atoms with van der Waals surface area (Å²) in [6.07, 6.45) is 5.32. The van der Waals surface area contributed by atoms with Gasteiger partial charge in [-0.05, 0) is 24.3 Å². The molecule has 0 radical (unpaired) electrons. The Kier molecular flexibility index (Phi) is 4.88. The van der Waals surface area contributed by atoms with Gasteiger partial charge in [-0.1, -0.05) is 0 Å². The zero-order valence-corrected chi connectivity index (χ0v) is 14.9. The molecule has 0 spiro atoms. The zero-order chi connectivity index (χ0) is 19.5. The predicted molar refractivity (Wildman–Crippen MR) is 101 cm³/mol. The molecule has 0 aliphatic carbocycles. The van der Waals surface area contributed by atoms with Gasteiger partial charge in [0.1, 0.15) is 29.6 Å². The molecule has 7 nitrogen and oxygen atoms in total. The van der Waals surface area contributed by atoms with Crippen molar-refractivity contribution < 1.29 is 13.6 Å². The molecule has 1 aliphatic rings. The van der Waals surface area contributed by atoms with Crippen molar-refractivity contribution in [3.63, 3.8) is 0 Å². The maximum atomic E-state index is 13.7. The molecule has 3 heterocycles. The summed E-state index contributed by atoms with van der Waals surface area (Å²) in [4.78, 5) is 24.6. The lowest BCUT2D eigenvalue weighted by atomic mass is 10.3. The van der Waals surface area contributed by atoms with E-state index in [1.54, 1.807) is 4.90 Å².